The topological polar surface area (TPSA) is 107 Å². The molecule has 2 heterocycles. The maximum Gasteiger partial charge on any atom is 0.258 e. The average Bonchev–Trinajstić information content (AvgIpc) is 3.11. The third-order valence-corrected chi connectivity index (χ3v) is 2.71. The first kappa shape index (κ1) is 11.5. The van der Waals surface area contributed by atoms with E-state index in [0.29, 0.717) is 24.1 Å². The molecule has 0 bridgehead atoms. The van der Waals surface area contributed by atoms with Crippen molar-refractivity contribution in [3.63, 3.8) is 0 Å². The summed E-state index contributed by atoms with van der Waals surface area (Å²) in [5.41, 5.74) is 7.58. The lowest BCUT2D eigenvalue weighted by molar-refractivity contribution is 0.431. The second kappa shape index (κ2) is 4.99. The number of benzene rings is 1. The molecule has 1 aromatic carbocycles. The van der Waals surface area contributed by atoms with Crippen LogP contribution in [-0.4, -0.2) is 31.9 Å². The standard InChI is InChI=1S/C12H12N6O/c13-6-5-8-3-1-2-4-9(8)12-16-11(18-19-12)10-14-7-15-17-10/h1-4,7H,5-6,13H2,(H,14,15,17). The first-order valence-corrected chi connectivity index (χ1v) is 5.86. The molecule has 0 atom stereocenters. The largest absolute Gasteiger partial charge is 0.333 e. The molecule has 0 aliphatic carbocycles. The molecule has 3 rings (SSSR count). The van der Waals surface area contributed by atoms with Gasteiger partial charge in [0.15, 0.2) is 5.82 Å². The molecule has 0 radical (unpaired) electrons. The van der Waals surface area contributed by atoms with Crippen LogP contribution >= 0.6 is 0 Å². The van der Waals surface area contributed by atoms with Crippen molar-refractivity contribution in [3.8, 4) is 23.1 Å². The summed E-state index contributed by atoms with van der Waals surface area (Å²) in [6.45, 7) is 0.570. The van der Waals surface area contributed by atoms with Crippen molar-refractivity contribution in [2.75, 3.05) is 6.54 Å². The monoisotopic (exact) mass is 256 g/mol. The number of hydrogen-bond acceptors (Lipinski definition) is 6. The summed E-state index contributed by atoms with van der Waals surface area (Å²) in [4.78, 5) is 8.29. The summed E-state index contributed by atoms with van der Waals surface area (Å²) in [5, 5.41) is 10.3. The molecule has 19 heavy (non-hydrogen) atoms. The van der Waals surface area contributed by atoms with Crippen molar-refractivity contribution in [2.24, 2.45) is 5.73 Å². The third-order valence-electron chi connectivity index (χ3n) is 2.71. The third kappa shape index (κ3) is 2.23. The Labute approximate surface area is 108 Å². The molecule has 3 aromatic rings. The van der Waals surface area contributed by atoms with Crippen molar-refractivity contribution in [2.45, 2.75) is 6.42 Å². The second-order valence-corrected chi connectivity index (χ2v) is 3.95. The molecule has 7 nitrogen and oxygen atoms in total. The Bertz CT molecular complexity index is 660. The SMILES string of the molecule is NCCc1ccccc1-c1nc(-c2ncn[nH]2)no1. The number of nitrogens with two attached hydrogens (primary N) is 1. The van der Waals surface area contributed by atoms with Gasteiger partial charge >= 0.3 is 0 Å². The maximum atomic E-state index is 5.60. The smallest absolute Gasteiger partial charge is 0.258 e. The molecule has 0 saturated carbocycles. The van der Waals surface area contributed by atoms with E-state index in [1.807, 2.05) is 24.3 Å². The predicted molar refractivity (Wildman–Crippen MR) is 67.9 cm³/mol. The van der Waals surface area contributed by atoms with Gasteiger partial charge < -0.3 is 10.3 Å². The number of rotatable bonds is 4. The minimum atomic E-state index is 0.384. The molecular weight excluding hydrogens is 244 g/mol. The van der Waals surface area contributed by atoms with Gasteiger partial charge in [-0.25, -0.2) is 4.98 Å². The second-order valence-electron chi connectivity index (χ2n) is 3.95. The van der Waals surface area contributed by atoms with Crippen molar-refractivity contribution in [1.29, 1.82) is 0 Å². The first-order valence-electron chi connectivity index (χ1n) is 5.86. The number of nitrogens with one attached hydrogen (secondary N) is 1. The van der Waals surface area contributed by atoms with Crippen LogP contribution in [0.1, 0.15) is 5.56 Å². The molecule has 0 amide bonds. The summed E-state index contributed by atoms with van der Waals surface area (Å²) in [7, 11) is 0. The molecule has 96 valence electrons. The molecule has 0 fully saturated rings. The van der Waals surface area contributed by atoms with Gasteiger partial charge in [0.1, 0.15) is 6.33 Å². The lowest BCUT2D eigenvalue weighted by Gasteiger charge is -2.03. The van der Waals surface area contributed by atoms with Crippen LogP contribution < -0.4 is 5.73 Å². The summed E-state index contributed by atoms with van der Waals surface area (Å²) in [6, 6.07) is 7.82. The van der Waals surface area contributed by atoms with E-state index >= 15 is 0 Å². The van der Waals surface area contributed by atoms with Gasteiger partial charge in [-0.1, -0.05) is 23.4 Å². The minimum absolute atomic E-state index is 0.384. The molecule has 0 saturated heterocycles. The summed E-state index contributed by atoms with van der Waals surface area (Å²) < 4.78 is 5.27. The molecule has 3 N–H and O–H groups in total. The van der Waals surface area contributed by atoms with Crippen LogP contribution in [0.15, 0.2) is 35.1 Å². The van der Waals surface area contributed by atoms with E-state index in [9.17, 15) is 0 Å². The van der Waals surface area contributed by atoms with E-state index in [-0.39, 0.29) is 0 Å². The summed E-state index contributed by atoms with van der Waals surface area (Å²) in [6.07, 6.45) is 2.16. The fourth-order valence-corrected chi connectivity index (χ4v) is 1.84. The van der Waals surface area contributed by atoms with Crippen molar-refractivity contribution < 1.29 is 4.52 Å². The summed E-state index contributed by atoms with van der Waals surface area (Å²) in [5.74, 6) is 1.32. The Kier molecular flexibility index (Phi) is 3.03. The van der Waals surface area contributed by atoms with Gasteiger partial charge in [-0.3, -0.25) is 5.10 Å². The van der Waals surface area contributed by atoms with Gasteiger partial charge in [0.2, 0.25) is 5.82 Å². The molecule has 7 heteroatoms. The van der Waals surface area contributed by atoms with Crippen LogP contribution in [0.25, 0.3) is 23.1 Å². The highest BCUT2D eigenvalue weighted by Crippen LogP contribution is 2.23. The zero-order valence-corrected chi connectivity index (χ0v) is 10.1. The van der Waals surface area contributed by atoms with E-state index < -0.39 is 0 Å². The molecule has 0 aliphatic heterocycles. The van der Waals surface area contributed by atoms with Crippen molar-refractivity contribution >= 4 is 0 Å². The lowest BCUT2D eigenvalue weighted by Crippen LogP contribution is -2.03. The number of aromatic nitrogens is 5. The number of H-pyrrole nitrogens is 1. The zero-order chi connectivity index (χ0) is 13.1. The van der Waals surface area contributed by atoms with E-state index in [1.54, 1.807) is 0 Å². The Morgan fingerprint density at radius 1 is 1.26 bits per heavy atom. The van der Waals surface area contributed by atoms with Crippen molar-refractivity contribution in [3.05, 3.63) is 36.2 Å². The van der Waals surface area contributed by atoms with Crippen LogP contribution in [0, 0.1) is 0 Å². The van der Waals surface area contributed by atoms with E-state index in [4.69, 9.17) is 10.3 Å². The number of nitrogens with zero attached hydrogens (tertiary/aromatic N) is 4. The maximum absolute atomic E-state index is 5.60. The quantitative estimate of drug-likeness (QED) is 0.721. The van der Waals surface area contributed by atoms with Crippen LogP contribution in [0.5, 0.6) is 0 Å². The average molecular weight is 256 g/mol. The Balaban J connectivity index is 1.99. The molecule has 2 aromatic heterocycles. The molecule has 0 spiro atoms. The van der Waals surface area contributed by atoms with Gasteiger partial charge in [-0.15, -0.1) is 0 Å². The normalized spacial score (nSPS) is 10.8. The lowest BCUT2D eigenvalue weighted by atomic mass is 10.0. The van der Waals surface area contributed by atoms with Crippen LogP contribution in [-0.2, 0) is 6.42 Å². The van der Waals surface area contributed by atoms with Gasteiger partial charge in [-0.2, -0.15) is 10.1 Å². The predicted octanol–water partition coefficient (Wildman–Crippen LogP) is 1.02. The van der Waals surface area contributed by atoms with Gasteiger partial charge in [0, 0.05) is 5.56 Å². The Morgan fingerprint density at radius 2 is 2.16 bits per heavy atom. The first-order chi connectivity index (χ1) is 9.38. The molecular formula is C12H12N6O. The van der Waals surface area contributed by atoms with E-state index in [2.05, 4.69) is 25.3 Å². The highest BCUT2D eigenvalue weighted by Gasteiger charge is 2.14. The van der Waals surface area contributed by atoms with Crippen LogP contribution in [0.4, 0.5) is 0 Å². The van der Waals surface area contributed by atoms with E-state index in [1.165, 1.54) is 6.33 Å². The molecule has 0 unspecified atom stereocenters. The van der Waals surface area contributed by atoms with Gasteiger partial charge in [-0.05, 0) is 24.6 Å². The number of aromatic amines is 1. The molecule has 0 aliphatic rings. The number of hydrogen-bond donors (Lipinski definition) is 2. The highest BCUT2D eigenvalue weighted by molar-refractivity contribution is 5.60. The fraction of sp³-hybridized carbons (Fsp3) is 0.167. The van der Waals surface area contributed by atoms with Crippen molar-refractivity contribution in [1.82, 2.24) is 25.3 Å². The van der Waals surface area contributed by atoms with Gasteiger partial charge in [0.05, 0.1) is 0 Å². The van der Waals surface area contributed by atoms with Crippen LogP contribution in [0.3, 0.4) is 0 Å². The zero-order valence-electron chi connectivity index (χ0n) is 10.1. The van der Waals surface area contributed by atoms with E-state index in [0.717, 1.165) is 17.5 Å². The Hall–Kier alpha value is -2.54. The van der Waals surface area contributed by atoms with Gasteiger partial charge in [0.25, 0.3) is 5.89 Å². The fourth-order valence-electron chi connectivity index (χ4n) is 1.84. The highest BCUT2D eigenvalue weighted by atomic mass is 16.5. The Morgan fingerprint density at radius 3 is 2.95 bits per heavy atom. The minimum Gasteiger partial charge on any atom is -0.333 e. The summed E-state index contributed by atoms with van der Waals surface area (Å²) >= 11 is 0. The van der Waals surface area contributed by atoms with Crippen LogP contribution in [0.2, 0.25) is 0 Å².